The molecule has 3 N–H and O–H groups in total. The summed E-state index contributed by atoms with van der Waals surface area (Å²) in [6, 6.07) is 8.62. The van der Waals surface area contributed by atoms with Crippen molar-refractivity contribution in [2.75, 3.05) is 5.73 Å². The Morgan fingerprint density at radius 3 is 2.65 bits per heavy atom. The summed E-state index contributed by atoms with van der Waals surface area (Å²) in [6.45, 7) is 0.132. The lowest BCUT2D eigenvalue weighted by atomic mass is 10.2. The van der Waals surface area contributed by atoms with Gasteiger partial charge in [-0.05, 0) is 42.0 Å². The number of halogens is 2. The van der Waals surface area contributed by atoms with E-state index in [-0.39, 0.29) is 23.7 Å². The fraction of sp³-hybridized carbons (Fsp3) is 0.0714. The van der Waals surface area contributed by atoms with E-state index in [2.05, 4.69) is 15.9 Å². The Bertz CT molecular complexity index is 641. The van der Waals surface area contributed by atoms with Crippen molar-refractivity contribution in [3.63, 3.8) is 0 Å². The van der Waals surface area contributed by atoms with Crippen molar-refractivity contribution >= 4 is 27.6 Å². The molecule has 20 heavy (non-hydrogen) atoms. The lowest BCUT2D eigenvalue weighted by Gasteiger charge is -2.10. The van der Waals surface area contributed by atoms with Crippen LogP contribution in [0.15, 0.2) is 40.9 Å². The number of hydrogen-bond acceptors (Lipinski definition) is 3. The maximum absolute atomic E-state index is 13.2. The molecule has 4 nitrogen and oxygen atoms in total. The smallest absolute Gasteiger partial charge is 0.335 e. The molecule has 6 heteroatoms. The van der Waals surface area contributed by atoms with E-state index in [0.29, 0.717) is 15.8 Å². The maximum atomic E-state index is 13.2. The van der Waals surface area contributed by atoms with Gasteiger partial charge in [0, 0.05) is 4.47 Å². The molecule has 0 fully saturated rings. The van der Waals surface area contributed by atoms with Crippen LogP contribution in [-0.4, -0.2) is 11.1 Å². The normalized spacial score (nSPS) is 10.3. The highest BCUT2D eigenvalue weighted by molar-refractivity contribution is 9.10. The van der Waals surface area contributed by atoms with E-state index in [9.17, 15) is 9.18 Å². The number of carboxylic acid groups (broad SMARTS) is 1. The van der Waals surface area contributed by atoms with Gasteiger partial charge in [0.1, 0.15) is 18.2 Å². The zero-order valence-corrected chi connectivity index (χ0v) is 11.9. The maximum Gasteiger partial charge on any atom is 0.335 e. The number of aromatic carboxylic acids is 1. The van der Waals surface area contributed by atoms with Gasteiger partial charge in [-0.25, -0.2) is 9.18 Å². The van der Waals surface area contributed by atoms with Gasteiger partial charge in [-0.1, -0.05) is 15.9 Å². The number of ether oxygens (including phenoxy) is 1. The number of rotatable bonds is 4. The predicted molar refractivity (Wildman–Crippen MR) is 76.2 cm³/mol. The molecule has 0 radical (unpaired) electrons. The summed E-state index contributed by atoms with van der Waals surface area (Å²) in [5.41, 5.74) is 6.66. The summed E-state index contributed by atoms with van der Waals surface area (Å²) in [5, 5.41) is 8.83. The monoisotopic (exact) mass is 339 g/mol. The lowest BCUT2D eigenvalue weighted by Crippen LogP contribution is -2.02. The summed E-state index contributed by atoms with van der Waals surface area (Å²) < 4.78 is 19.3. The van der Waals surface area contributed by atoms with E-state index in [1.807, 2.05) is 0 Å². The van der Waals surface area contributed by atoms with Crippen molar-refractivity contribution in [2.24, 2.45) is 0 Å². The van der Waals surface area contributed by atoms with Crippen LogP contribution in [0.1, 0.15) is 15.9 Å². The molecule has 0 amide bonds. The van der Waals surface area contributed by atoms with Gasteiger partial charge in [0.2, 0.25) is 0 Å². The Morgan fingerprint density at radius 2 is 2.05 bits per heavy atom. The Hall–Kier alpha value is -2.08. The second-order valence-electron chi connectivity index (χ2n) is 4.12. The van der Waals surface area contributed by atoms with E-state index in [0.717, 1.165) is 0 Å². The van der Waals surface area contributed by atoms with Crippen molar-refractivity contribution in [3.8, 4) is 5.75 Å². The SMILES string of the molecule is Nc1cc(C(=O)O)ccc1OCc1cc(F)cc(Br)c1. The predicted octanol–water partition coefficient (Wildman–Crippen LogP) is 3.45. The van der Waals surface area contributed by atoms with E-state index in [1.54, 1.807) is 6.07 Å². The minimum Gasteiger partial charge on any atom is -0.487 e. The third-order valence-corrected chi connectivity index (χ3v) is 3.03. The molecule has 0 aliphatic rings. The highest BCUT2D eigenvalue weighted by atomic mass is 79.9. The summed E-state index contributed by atoms with van der Waals surface area (Å²) in [4.78, 5) is 10.8. The summed E-state index contributed by atoms with van der Waals surface area (Å²) >= 11 is 3.19. The van der Waals surface area contributed by atoms with Crippen LogP contribution in [0.3, 0.4) is 0 Å². The second kappa shape index (κ2) is 5.92. The van der Waals surface area contributed by atoms with Gasteiger partial charge in [-0.2, -0.15) is 0 Å². The Labute approximate surface area is 123 Å². The lowest BCUT2D eigenvalue weighted by molar-refractivity contribution is 0.0697. The molecule has 104 valence electrons. The molecule has 0 bridgehead atoms. The highest BCUT2D eigenvalue weighted by Crippen LogP contribution is 2.24. The van der Waals surface area contributed by atoms with Crippen LogP contribution >= 0.6 is 15.9 Å². The summed E-state index contributed by atoms with van der Waals surface area (Å²) in [6.07, 6.45) is 0. The van der Waals surface area contributed by atoms with Gasteiger partial charge < -0.3 is 15.6 Å². The van der Waals surface area contributed by atoms with Crippen LogP contribution in [0.2, 0.25) is 0 Å². The van der Waals surface area contributed by atoms with Crippen molar-refractivity contribution in [1.82, 2.24) is 0 Å². The molecule has 0 saturated carbocycles. The topological polar surface area (TPSA) is 72.6 Å². The molecule has 0 aliphatic heterocycles. The van der Waals surface area contributed by atoms with Gasteiger partial charge in [-0.3, -0.25) is 0 Å². The van der Waals surface area contributed by atoms with Crippen LogP contribution in [0.4, 0.5) is 10.1 Å². The molecule has 0 atom stereocenters. The van der Waals surface area contributed by atoms with Gasteiger partial charge >= 0.3 is 5.97 Å². The fourth-order valence-corrected chi connectivity index (χ4v) is 2.18. The third kappa shape index (κ3) is 3.48. The van der Waals surface area contributed by atoms with E-state index in [1.165, 1.54) is 30.3 Å². The minimum atomic E-state index is -1.06. The molecule has 0 spiro atoms. The molecule has 2 rings (SSSR count). The molecule has 2 aromatic carbocycles. The highest BCUT2D eigenvalue weighted by Gasteiger charge is 2.08. The Morgan fingerprint density at radius 1 is 1.30 bits per heavy atom. The molecular formula is C14H11BrFNO3. The second-order valence-corrected chi connectivity index (χ2v) is 5.04. The van der Waals surface area contributed by atoms with Crippen LogP contribution in [0.5, 0.6) is 5.75 Å². The number of nitrogens with two attached hydrogens (primary N) is 1. The molecule has 0 aliphatic carbocycles. The quantitative estimate of drug-likeness (QED) is 0.837. The average Bonchev–Trinajstić information content (AvgIpc) is 2.36. The van der Waals surface area contributed by atoms with Gasteiger partial charge in [0.05, 0.1) is 11.3 Å². The minimum absolute atomic E-state index is 0.0864. The molecule has 0 aromatic heterocycles. The molecule has 0 unspecified atom stereocenters. The average molecular weight is 340 g/mol. The summed E-state index contributed by atoms with van der Waals surface area (Å²) in [5.74, 6) is -1.07. The van der Waals surface area contributed by atoms with Crippen molar-refractivity contribution in [1.29, 1.82) is 0 Å². The van der Waals surface area contributed by atoms with E-state index >= 15 is 0 Å². The first-order valence-electron chi connectivity index (χ1n) is 5.66. The molecule has 0 saturated heterocycles. The zero-order valence-electron chi connectivity index (χ0n) is 10.3. The van der Waals surface area contributed by atoms with E-state index in [4.69, 9.17) is 15.6 Å². The van der Waals surface area contributed by atoms with Crippen LogP contribution in [0.25, 0.3) is 0 Å². The molecular weight excluding hydrogens is 329 g/mol. The van der Waals surface area contributed by atoms with Gasteiger partial charge in [0.25, 0.3) is 0 Å². The van der Waals surface area contributed by atoms with Crippen LogP contribution < -0.4 is 10.5 Å². The largest absolute Gasteiger partial charge is 0.487 e. The summed E-state index contributed by atoms with van der Waals surface area (Å²) in [7, 11) is 0. The third-order valence-electron chi connectivity index (χ3n) is 2.57. The van der Waals surface area contributed by atoms with Crippen molar-refractivity contribution in [3.05, 3.63) is 57.8 Å². The number of benzene rings is 2. The van der Waals surface area contributed by atoms with Crippen molar-refractivity contribution < 1.29 is 19.0 Å². The number of hydrogen-bond donors (Lipinski definition) is 2. The first-order valence-corrected chi connectivity index (χ1v) is 6.45. The number of nitrogen functional groups attached to an aromatic ring is 1. The number of carboxylic acids is 1. The number of carbonyl (C=O) groups is 1. The fourth-order valence-electron chi connectivity index (χ4n) is 1.67. The Kier molecular flexibility index (Phi) is 4.24. The van der Waals surface area contributed by atoms with Gasteiger partial charge in [0.15, 0.2) is 0 Å². The number of anilines is 1. The Balaban J connectivity index is 2.12. The van der Waals surface area contributed by atoms with Crippen molar-refractivity contribution in [2.45, 2.75) is 6.61 Å². The standard InChI is InChI=1S/C14H11BrFNO3/c15-10-3-8(4-11(16)6-10)7-20-13-2-1-9(14(18)19)5-12(13)17/h1-6H,7,17H2,(H,18,19). The van der Waals surface area contributed by atoms with Gasteiger partial charge in [-0.15, -0.1) is 0 Å². The molecule has 0 heterocycles. The van der Waals surface area contributed by atoms with Crippen LogP contribution in [0, 0.1) is 5.82 Å². The molecule has 2 aromatic rings. The van der Waals surface area contributed by atoms with E-state index < -0.39 is 5.97 Å². The first kappa shape index (κ1) is 14.3. The van der Waals surface area contributed by atoms with Crippen LogP contribution in [-0.2, 0) is 6.61 Å². The first-order chi connectivity index (χ1) is 9.45. The zero-order chi connectivity index (χ0) is 14.7.